The monoisotopic (exact) mass is 386 g/mol. The minimum absolute atomic E-state index is 0.143. The van der Waals surface area contributed by atoms with Gasteiger partial charge in [0.25, 0.3) is 5.91 Å². The van der Waals surface area contributed by atoms with Crippen molar-refractivity contribution in [3.63, 3.8) is 0 Å². The number of fused-ring (bicyclic) bond motifs is 1. The summed E-state index contributed by atoms with van der Waals surface area (Å²) >= 11 is 0. The van der Waals surface area contributed by atoms with E-state index in [0.29, 0.717) is 12.1 Å². The number of rotatable bonds is 6. The summed E-state index contributed by atoms with van der Waals surface area (Å²) in [6.07, 6.45) is 1.77. The molecule has 146 valence electrons. The van der Waals surface area contributed by atoms with Gasteiger partial charge in [-0.1, -0.05) is 30.3 Å². The summed E-state index contributed by atoms with van der Waals surface area (Å²) in [5, 5.41) is 2.97. The van der Waals surface area contributed by atoms with Crippen molar-refractivity contribution in [2.45, 2.75) is 20.0 Å². The van der Waals surface area contributed by atoms with Gasteiger partial charge in [0.15, 0.2) is 5.65 Å². The van der Waals surface area contributed by atoms with Crippen LogP contribution in [0.1, 0.15) is 22.8 Å². The number of carbonyl (C=O) groups excluding carboxylic acids is 1. The van der Waals surface area contributed by atoms with Crippen LogP contribution in [0.4, 0.5) is 0 Å². The standard InChI is InChI=1S/C23H22N4O2/c1-3-27-21(26-19-11-7-13-24-22(19)27)16-9-6-10-17(14-16)23(28)25-15-18-8-4-5-12-20(18)29-2/h4-14H,3,15H2,1-2H3,(H,25,28). The number of aryl methyl sites for hydroxylation is 1. The molecule has 1 amide bonds. The molecule has 2 aromatic carbocycles. The van der Waals surface area contributed by atoms with Gasteiger partial charge in [-0.25, -0.2) is 9.97 Å². The van der Waals surface area contributed by atoms with Gasteiger partial charge in [0.2, 0.25) is 0 Å². The molecule has 0 fully saturated rings. The Kier molecular flexibility index (Phi) is 5.24. The van der Waals surface area contributed by atoms with Gasteiger partial charge >= 0.3 is 0 Å². The van der Waals surface area contributed by atoms with Gasteiger partial charge in [0, 0.05) is 36.0 Å². The lowest BCUT2D eigenvalue weighted by Crippen LogP contribution is -2.23. The van der Waals surface area contributed by atoms with Crippen LogP contribution in [0.25, 0.3) is 22.6 Å². The molecule has 4 rings (SSSR count). The summed E-state index contributed by atoms with van der Waals surface area (Å²) in [7, 11) is 1.62. The number of hydrogen-bond acceptors (Lipinski definition) is 4. The summed E-state index contributed by atoms with van der Waals surface area (Å²) in [6.45, 7) is 3.20. The Morgan fingerprint density at radius 1 is 1.10 bits per heavy atom. The summed E-state index contributed by atoms with van der Waals surface area (Å²) in [4.78, 5) is 21.9. The van der Waals surface area contributed by atoms with Crippen LogP contribution >= 0.6 is 0 Å². The van der Waals surface area contributed by atoms with Crippen molar-refractivity contribution in [3.8, 4) is 17.1 Å². The number of hydrogen-bond donors (Lipinski definition) is 1. The average molecular weight is 386 g/mol. The van der Waals surface area contributed by atoms with E-state index in [1.807, 2.05) is 54.6 Å². The van der Waals surface area contributed by atoms with Crippen molar-refractivity contribution in [2.24, 2.45) is 0 Å². The number of ether oxygens (including phenoxy) is 1. The molecule has 0 radical (unpaired) electrons. The number of amides is 1. The molecular weight excluding hydrogens is 364 g/mol. The Morgan fingerprint density at radius 3 is 2.79 bits per heavy atom. The van der Waals surface area contributed by atoms with Crippen LogP contribution in [0.3, 0.4) is 0 Å². The van der Waals surface area contributed by atoms with Crippen molar-refractivity contribution in [2.75, 3.05) is 7.11 Å². The average Bonchev–Trinajstić information content (AvgIpc) is 3.16. The fourth-order valence-corrected chi connectivity index (χ4v) is 3.40. The first-order valence-corrected chi connectivity index (χ1v) is 9.53. The maximum absolute atomic E-state index is 12.7. The van der Waals surface area contributed by atoms with Crippen molar-refractivity contribution in [3.05, 3.63) is 78.0 Å². The SMILES string of the molecule is CCn1c(-c2cccc(C(=O)NCc3ccccc3OC)c2)nc2cccnc21. The molecule has 0 aliphatic carbocycles. The van der Waals surface area contributed by atoms with Gasteiger partial charge in [-0.2, -0.15) is 0 Å². The number of carbonyl (C=O) groups is 1. The second kappa shape index (κ2) is 8.14. The molecule has 0 aliphatic rings. The van der Waals surface area contributed by atoms with E-state index in [0.717, 1.165) is 40.4 Å². The van der Waals surface area contributed by atoms with E-state index < -0.39 is 0 Å². The normalized spacial score (nSPS) is 10.8. The number of nitrogens with zero attached hydrogens (tertiary/aromatic N) is 3. The van der Waals surface area contributed by atoms with Crippen LogP contribution in [0, 0.1) is 0 Å². The lowest BCUT2D eigenvalue weighted by Gasteiger charge is -2.10. The van der Waals surface area contributed by atoms with Crippen LogP contribution in [0.5, 0.6) is 5.75 Å². The third-order valence-electron chi connectivity index (χ3n) is 4.83. The van der Waals surface area contributed by atoms with E-state index in [1.165, 1.54) is 0 Å². The number of aromatic nitrogens is 3. The molecule has 2 heterocycles. The molecule has 0 unspecified atom stereocenters. The van der Waals surface area contributed by atoms with Crippen molar-refractivity contribution < 1.29 is 9.53 Å². The molecule has 0 bridgehead atoms. The molecule has 2 aromatic heterocycles. The van der Waals surface area contributed by atoms with Crippen LogP contribution < -0.4 is 10.1 Å². The highest BCUT2D eigenvalue weighted by Crippen LogP contribution is 2.24. The molecule has 1 N–H and O–H groups in total. The first-order valence-electron chi connectivity index (χ1n) is 9.53. The first kappa shape index (κ1) is 18.7. The van der Waals surface area contributed by atoms with E-state index in [9.17, 15) is 4.79 Å². The van der Waals surface area contributed by atoms with E-state index in [1.54, 1.807) is 19.4 Å². The van der Waals surface area contributed by atoms with Gasteiger partial charge in [0.05, 0.1) is 7.11 Å². The molecule has 0 saturated heterocycles. The Balaban J connectivity index is 1.60. The largest absolute Gasteiger partial charge is 0.496 e. The maximum atomic E-state index is 12.7. The van der Waals surface area contributed by atoms with Crippen LogP contribution in [0.2, 0.25) is 0 Å². The highest BCUT2D eigenvalue weighted by atomic mass is 16.5. The lowest BCUT2D eigenvalue weighted by atomic mass is 10.1. The minimum atomic E-state index is -0.143. The molecule has 29 heavy (non-hydrogen) atoms. The number of imidazole rings is 1. The first-order chi connectivity index (χ1) is 14.2. The molecular formula is C23H22N4O2. The second-order valence-corrected chi connectivity index (χ2v) is 6.60. The Labute approximate surface area is 169 Å². The van der Waals surface area contributed by atoms with Crippen LogP contribution in [0.15, 0.2) is 66.9 Å². The van der Waals surface area contributed by atoms with Crippen LogP contribution in [-0.2, 0) is 13.1 Å². The molecule has 0 spiro atoms. The molecule has 6 nitrogen and oxygen atoms in total. The third-order valence-corrected chi connectivity index (χ3v) is 4.83. The number of benzene rings is 2. The zero-order chi connectivity index (χ0) is 20.2. The van der Waals surface area contributed by atoms with Gasteiger partial charge in [-0.3, -0.25) is 4.79 Å². The van der Waals surface area contributed by atoms with Crippen LogP contribution in [-0.4, -0.2) is 27.6 Å². The zero-order valence-electron chi connectivity index (χ0n) is 16.4. The zero-order valence-corrected chi connectivity index (χ0v) is 16.4. The lowest BCUT2D eigenvalue weighted by molar-refractivity contribution is 0.0950. The van der Waals surface area contributed by atoms with E-state index in [-0.39, 0.29) is 5.91 Å². The quantitative estimate of drug-likeness (QED) is 0.543. The second-order valence-electron chi connectivity index (χ2n) is 6.60. The Bertz CT molecular complexity index is 1170. The predicted molar refractivity (Wildman–Crippen MR) is 113 cm³/mol. The van der Waals surface area contributed by atoms with E-state index in [2.05, 4.69) is 21.8 Å². The summed E-state index contributed by atoms with van der Waals surface area (Å²) in [5.74, 6) is 1.42. The maximum Gasteiger partial charge on any atom is 0.251 e. The molecule has 0 saturated carbocycles. The molecule has 0 atom stereocenters. The summed E-state index contributed by atoms with van der Waals surface area (Å²) < 4.78 is 7.40. The molecule has 0 aliphatic heterocycles. The highest BCUT2D eigenvalue weighted by molar-refractivity contribution is 5.95. The van der Waals surface area contributed by atoms with Crippen molar-refractivity contribution >= 4 is 17.1 Å². The fourth-order valence-electron chi connectivity index (χ4n) is 3.40. The van der Waals surface area contributed by atoms with E-state index in [4.69, 9.17) is 9.72 Å². The third kappa shape index (κ3) is 3.69. The molecule has 4 aromatic rings. The number of para-hydroxylation sites is 1. The highest BCUT2D eigenvalue weighted by Gasteiger charge is 2.14. The number of pyridine rings is 1. The molecule has 6 heteroatoms. The van der Waals surface area contributed by atoms with Gasteiger partial charge in [-0.05, 0) is 37.3 Å². The van der Waals surface area contributed by atoms with E-state index >= 15 is 0 Å². The van der Waals surface area contributed by atoms with Crippen molar-refractivity contribution in [1.82, 2.24) is 19.9 Å². The summed E-state index contributed by atoms with van der Waals surface area (Å²) in [6, 6.07) is 19.0. The Morgan fingerprint density at radius 2 is 1.97 bits per heavy atom. The summed E-state index contributed by atoms with van der Waals surface area (Å²) in [5.41, 5.74) is 4.08. The number of nitrogens with one attached hydrogen (secondary N) is 1. The van der Waals surface area contributed by atoms with Gasteiger partial charge < -0.3 is 14.6 Å². The van der Waals surface area contributed by atoms with Crippen molar-refractivity contribution in [1.29, 1.82) is 0 Å². The van der Waals surface area contributed by atoms with Gasteiger partial charge in [0.1, 0.15) is 17.1 Å². The van der Waals surface area contributed by atoms with Gasteiger partial charge in [-0.15, -0.1) is 0 Å². The topological polar surface area (TPSA) is 69.0 Å². The fraction of sp³-hybridized carbons (Fsp3) is 0.174. The smallest absolute Gasteiger partial charge is 0.251 e. The number of methoxy groups -OCH3 is 1. The predicted octanol–water partition coefficient (Wildman–Crippen LogP) is 4.06. The Hall–Kier alpha value is -3.67. The minimum Gasteiger partial charge on any atom is -0.496 e.